The fourth-order valence-electron chi connectivity index (χ4n) is 2.57. The molecule has 1 unspecified atom stereocenters. The van der Waals surface area contributed by atoms with Crippen molar-refractivity contribution in [1.29, 1.82) is 0 Å². The normalized spacial score (nSPS) is 18.4. The Bertz CT molecular complexity index is 467. The van der Waals surface area contributed by atoms with Crippen molar-refractivity contribution < 1.29 is 13.9 Å². The number of amides is 1. The lowest BCUT2D eigenvalue weighted by Crippen LogP contribution is -2.35. The Hall–Kier alpha value is -1.66. The third-order valence-corrected chi connectivity index (χ3v) is 3.87. The molecule has 0 aromatic heterocycles. The van der Waals surface area contributed by atoms with Crippen LogP contribution in [0.4, 0.5) is 10.1 Å². The highest BCUT2D eigenvalue weighted by molar-refractivity contribution is 5.80. The van der Waals surface area contributed by atoms with Gasteiger partial charge in [0.05, 0.1) is 13.2 Å². The van der Waals surface area contributed by atoms with E-state index in [0.717, 1.165) is 38.3 Å². The highest BCUT2D eigenvalue weighted by atomic mass is 19.1. The van der Waals surface area contributed by atoms with Gasteiger partial charge in [-0.25, -0.2) is 4.39 Å². The van der Waals surface area contributed by atoms with Crippen LogP contribution in [0.25, 0.3) is 0 Å². The summed E-state index contributed by atoms with van der Waals surface area (Å²) < 4.78 is 17.8. The Kier molecular flexibility index (Phi) is 6.61. The second-order valence-electron chi connectivity index (χ2n) is 5.61. The summed E-state index contributed by atoms with van der Waals surface area (Å²) in [6.45, 7) is 4.68. The number of likely N-dealkylation sites (tertiary alicyclic amines) is 1. The lowest BCUT2D eigenvalue weighted by atomic mass is 10.1. The molecule has 122 valence electrons. The molecule has 1 fully saturated rings. The monoisotopic (exact) mass is 309 g/mol. The molecule has 0 radical (unpaired) electrons. The van der Waals surface area contributed by atoms with Gasteiger partial charge in [0.1, 0.15) is 5.82 Å². The van der Waals surface area contributed by atoms with Crippen LogP contribution in [-0.4, -0.2) is 57.2 Å². The van der Waals surface area contributed by atoms with E-state index in [-0.39, 0.29) is 18.3 Å². The fraction of sp³-hybridized carbons (Fsp3) is 0.562. The smallest absolute Gasteiger partial charge is 0.239 e. The number of hydrogen-bond acceptors (Lipinski definition) is 4. The average molecular weight is 309 g/mol. The van der Waals surface area contributed by atoms with Crippen LogP contribution >= 0.6 is 0 Å². The van der Waals surface area contributed by atoms with E-state index in [0.29, 0.717) is 12.5 Å². The molecule has 0 bridgehead atoms. The molecular formula is C16H24FN3O2. The van der Waals surface area contributed by atoms with E-state index in [2.05, 4.69) is 15.5 Å². The van der Waals surface area contributed by atoms with Gasteiger partial charge >= 0.3 is 0 Å². The number of methoxy groups -OCH3 is 1. The second kappa shape index (κ2) is 8.70. The van der Waals surface area contributed by atoms with Gasteiger partial charge in [0.2, 0.25) is 5.91 Å². The Morgan fingerprint density at radius 3 is 2.91 bits per heavy atom. The van der Waals surface area contributed by atoms with Crippen molar-refractivity contribution in [2.45, 2.75) is 6.42 Å². The van der Waals surface area contributed by atoms with Crippen LogP contribution in [0.1, 0.15) is 6.42 Å². The van der Waals surface area contributed by atoms with Crippen LogP contribution in [0.15, 0.2) is 24.3 Å². The molecule has 1 aromatic rings. The summed E-state index contributed by atoms with van der Waals surface area (Å²) in [6.07, 6.45) is 1.11. The summed E-state index contributed by atoms with van der Waals surface area (Å²) in [4.78, 5) is 14.2. The van der Waals surface area contributed by atoms with Crippen molar-refractivity contribution in [1.82, 2.24) is 10.2 Å². The second-order valence-corrected chi connectivity index (χ2v) is 5.61. The maximum Gasteiger partial charge on any atom is 0.239 e. The lowest BCUT2D eigenvalue weighted by molar-refractivity contribution is -0.119. The SMILES string of the molecule is COCCN1CCC(CNC(=O)CNc2ccc(F)cc2)C1. The van der Waals surface area contributed by atoms with Gasteiger partial charge in [0.15, 0.2) is 0 Å². The standard InChI is InChI=1S/C16H24FN3O2/c1-22-9-8-20-7-6-13(12-20)10-19-16(21)11-18-15-4-2-14(17)3-5-15/h2-5,13,18H,6-12H2,1H3,(H,19,21). The predicted octanol–water partition coefficient (Wildman–Crippen LogP) is 1.32. The summed E-state index contributed by atoms with van der Waals surface area (Å²) >= 11 is 0. The average Bonchev–Trinajstić information content (AvgIpc) is 2.98. The van der Waals surface area contributed by atoms with Gasteiger partial charge in [-0.05, 0) is 43.1 Å². The van der Waals surface area contributed by atoms with Crippen LogP contribution in [0.2, 0.25) is 0 Å². The van der Waals surface area contributed by atoms with E-state index in [1.165, 1.54) is 12.1 Å². The predicted molar refractivity (Wildman–Crippen MR) is 84.3 cm³/mol. The first kappa shape index (κ1) is 16.7. The Labute approximate surface area is 130 Å². The van der Waals surface area contributed by atoms with E-state index in [1.54, 1.807) is 19.2 Å². The molecule has 1 amide bonds. The van der Waals surface area contributed by atoms with Gasteiger partial charge in [0, 0.05) is 32.4 Å². The molecule has 2 rings (SSSR count). The number of hydrogen-bond donors (Lipinski definition) is 2. The number of halogens is 1. The minimum Gasteiger partial charge on any atom is -0.383 e. The first-order valence-corrected chi connectivity index (χ1v) is 7.65. The number of benzene rings is 1. The van der Waals surface area contributed by atoms with Gasteiger partial charge < -0.3 is 20.3 Å². The lowest BCUT2D eigenvalue weighted by Gasteiger charge is -2.15. The molecule has 0 spiro atoms. The van der Waals surface area contributed by atoms with Crippen molar-refractivity contribution >= 4 is 11.6 Å². The molecule has 1 atom stereocenters. The van der Waals surface area contributed by atoms with Gasteiger partial charge in [0.25, 0.3) is 0 Å². The van der Waals surface area contributed by atoms with Crippen LogP contribution < -0.4 is 10.6 Å². The van der Waals surface area contributed by atoms with E-state index < -0.39 is 0 Å². The molecule has 22 heavy (non-hydrogen) atoms. The van der Waals surface area contributed by atoms with Crippen LogP contribution in [0.5, 0.6) is 0 Å². The van der Waals surface area contributed by atoms with Crippen LogP contribution in [-0.2, 0) is 9.53 Å². The summed E-state index contributed by atoms with van der Waals surface area (Å²) in [5.41, 5.74) is 0.739. The highest BCUT2D eigenvalue weighted by Gasteiger charge is 2.22. The molecule has 5 nitrogen and oxygen atoms in total. The molecule has 1 aliphatic heterocycles. The molecule has 6 heteroatoms. The maximum atomic E-state index is 12.8. The molecular weight excluding hydrogens is 285 g/mol. The summed E-state index contributed by atoms with van der Waals surface area (Å²) in [7, 11) is 1.71. The van der Waals surface area contributed by atoms with E-state index in [1.807, 2.05) is 0 Å². The Morgan fingerprint density at radius 1 is 1.41 bits per heavy atom. The zero-order valence-electron chi connectivity index (χ0n) is 13.0. The topological polar surface area (TPSA) is 53.6 Å². The largest absolute Gasteiger partial charge is 0.383 e. The molecule has 2 N–H and O–H groups in total. The zero-order chi connectivity index (χ0) is 15.8. The number of nitrogens with zero attached hydrogens (tertiary/aromatic N) is 1. The molecule has 1 aliphatic rings. The van der Waals surface area contributed by atoms with Gasteiger partial charge in [-0.1, -0.05) is 0 Å². The van der Waals surface area contributed by atoms with Crippen LogP contribution in [0, 0.1) is 11.7 Å². The number of anilines is 1. The van der Waals surface area contributed by atoms with Crippen molar-refractivity contribution in [3.05, 3.63) is 30.1 Å². The van der Waals surface area contributed by atoms with Crippen molar-refractivity contribution in [3.63, 3.8) is 0 Å². The number of rotatable bonds is 8. The van der Waals surface area contributed by atoms with Crippen LogP contribution in [0.3, 0.4) is 0 Å². The number of carbonyl (C=O) groups excluding carboxylic acids is 1. The van der Waals surface area contributed by atoms with Crippen molar-refractivity contribution in [3.8, 4) is 0 Å². The molecule has 1 saturated heterocycles. The Morgan fingerprint density at radius 2 is 2.18 bits per heavy atom. The molecule has 0 saturated carbocycles. The molecule has 0 aliphatic carbocycles. The molecule has 1 heterocycles. The number of nitrogens with one attached hydrogen (secondary N) is 2. The van der Waals surface area contributed by atoms with Gasteiger partial charge in [-0.15, -0.1) is 0 Å². The Balaban J connectivity index is 1.61. The van der Waals surface area contributed by atoms with E-state index in [4.69, 9.17) is 4.74 Å². The summed E-state index contributed by atoms with van der Waals surface area (Å²) in [5.74, 6) is 0.181. The first-order valence-electron chi connectivity index (χ1n) is 7.65. The molecule has 1 aromatic carbocycles. The van der Waals surface area contributed by atoms with E-state index >= 15 is 0 Å². The zero-order valence-corrected chi connectivity index (χ0v) is 13.0. The number of ether oxygens (including phenoxy) is 1. The van der Waals surface area contributed by atoms with E-state index in [9.17, 15) is 9.18 Å². The minimum atomic E-state index is -0.283. The van der Waals surface area contributed by atoms with Crippen molar-refractivity contribution in [2.75, 3.05) is 51.8 Å². The van der Waals surface area contributed by atoms with Crippen molar-refractivity contribution in [2.24, 2.45) is 5.92 Å². The van der Waals surface area contributed by atoms with Gasteiger partial charge in [-0.3, -0.25) is 4.79 Å². The number of carbonyl (C=O) groups is 1. The minimum absolute atomic E-state index is 0.0420. The van der Waals surface area contributed by atoms with Gasteiger partial charge in [-0.2, -0.15) is 0 Å². The maximum absolute atomic E-state index is 12.8. The fourth-order valence-corrected chi connectivity index (χ4v) is 2.57. The summed E-state index contributed by atoms with van der Waals surface area (Å²) in [6, 6.07) is 5.97. The highest BCUT2D eigenvalue weighted by Crippen LogP contribution is 2.14. The third kappa shape index (κ3) is 5.61. The quantitative estimate of drug-likeness (QED) is 0.760. The first-order chi connectivity index (χ1) is 10.7. The summed E-state index contributed by atoms with van der Waals surface area (Å²) in [5, 5.41) is 5.93. The third-order valence-electron chi connectivity index (χ3n) is 3.87.